The number of ether oxygens (including phenoxy) is 1. The lowest BCUT2D eigenvalue weighted by atomic mass is 9.66. The van der Waals surface area contributed by atoms with E-state index in [2.05, 4.69) is 30.1 Å². The molecule has 2 bridgehead atoms. The van der Waals surface area contributed by atoms with Crippen molar-refractivity contribution in [3.8, 4) is 0 Å². The van der Waals surface area contributed by atoms with Crippen LogP contribution < -0.4 is 5.32 Å². The molecule has 4 aliphatic heterocycles. The Balaban J connectivity index is 1.44. The third kappa shape index (κ3) is 2.69. The summed E-state index contributed by atoms with van der Waals surface area (Å²) in [7, 11) is 0. The van der Waals surface area contributed by atoms with Gasteiger partial charge in [-0.2, -0.15) is 0 Å². The van der Waals surface area contributed by atoms with Crippen molar-refractivity contribution in [3.05, 3.63) is 11.8 Å². The Bertz CT molecular complexity index is 634. The molecule has 2 atom stereocenters. The number of nitrogens with one attached hydrogen (secondary N) is 1. The highest BCUT2D eigenvalue weighted by Crippen LogP contribution is 2.49. The fraction of sp³-hybridized carbons (Fsp3) is 0.800. The second-order valence-electron chi connectivity index (χ2n) is 8.88. The third-order valence-corrected chi connectivity index (χ3v) is 7.26. The lowest BCUT2D eigenvalue weighted by Crippen LogP contribution is -2.53. The number of carbonyl (C=O) groups excluding carboxylic acids is 2. The molecule has 3 fully saturated rings. The van der Waals surface area contributed by atoms with Gasteiger partial charge in [-0.05, 0) is 52.5 Å². The van der Waals surface area contributed by atoms with Crippen LogP contribution in [0.15, 0.2) is 11.8 Å². The van der Waals surface area contributed by atoms with E-state index in [1.165, 1.54) is 5.70 Å². The Morgan fingerprint density at radius 2 is 2.04 bits per heavy atom. The molecule has 0 aromatic heterocycles. The van der Waals surface area contributed by atoms with Gasteiger partial charge in [-0.15, -0.1) is 0 Å². The summed E-state index contributed by atoms with van der Waals surface area (Å²) in [6, 6.07) is 0.464. The molecular weight excluding hydrogens is 330 g/mol. The van der Waals surface area contributed by atoms with Crippen molar-refractivity contribution >= 4 is 12.0 Å². The first kappa shape index (κ1) is 17.7. The number of fused-ring (bicyclic) bond motifs is 2. The summed E-state index contributed by atoms with van der Waals surface area (Å²) < 4.78 is 5.24. The van der Waals surface area contributed by atoms with Crippen LogP contribution in [0.5, 0.6) is 0 Å². The zero-order valence-electron chi connectivity index (χ0n) is 16.2. The second-order valence-corrected chi connectivity index (χ2v) is 8.88. The van der Waals surface area contributed by atoms with E-state index in [1.807, 2.05) is 11.8 Å². The number of amides is 2. The Labute approximate surface area is 155 Å². The highest BCUT2D eigenvalue weighted by molar-refractivity contribution is 5.81. The number of carbonyl (C=O) groups is 2. The summed E-state index contributed by atoms with van der Waals surface area (Å²) in [5.41, 5.74) is 1.37. The Morgan fingerprint density at radius 1 is 1.31 bits per heavy atom. The molecule has 0 saturated carbocycles. The van der Waals surface area contributed by atoms with E-state index in [-0.39, 0.29) is 35.0 Å². The number of likely N-dealkylation sites (tertiary alicyclic amines) is 1. The minimum absolute atomic E-state index is 0.0890. The van der Waals surface area contributed by atoms with Crippen molar-refractivity contribution in [2.45, 2.75) is 76.9 Å². The summed E-state index contributed by atoms with van der Waals surface area (Å²) >= 11 is 0. The molecule has 1 N–H and O–H groups in total. The van der Waals surface area contributed by atoms with E-state index >= 15 is 0 Å². The zero-order valence-corrected chi connectivity index (χ0v) is 16.2. The highest BCUT2D eigenvalue weighted by atomic mass is 16.6. The van der Waals surface area contributed by atoms with Gasteiger partial charge in [-0.1, -0.05) is 0 Å². The maximum Gasteiger partial charge on any atom is 0.410 e. The van der Waals surface area contributed by atoms with Crippen molar-refractivity contribution in [2.24, 2.45) is 5.41 Å². The highest BCUT2D eigenvalue weighted by Gasteiger charge is 2.53. The van der Waals surface area contributed by atoms with Gasteiger partial charge in [0.05, 0.1) is 12.6 Å². The monoisotopic (exact) mass is 361 g/mol. The van der Waals surface area contributed by atoms with Gasteiger partial charge in [0.15, 0.2) is 0 Å². The number of nitrogens with zero attached hydrogens (tertiary/aromatic N) is 2. The molecule has 26 heavy (non-hydrogen) atoms. The van der Waals surface area contributed by atoms with Crippen molar-refractivity contribution in [2.75, 3.05) is 19.7 Å². The van der Waals surface area contributed by atoms with Gasteiger partial charge < -0.3 is 15.0 Å². The third-order valence-electron chi connectivity index (χ3n) is 7.26. The van der Waals surface area contributed by atoms with E-state index in [1.54, 1.807) is 0 Å². The van der Waals surface area contributed by atoms with Crippen LogP contribution >= 0.6 is 0 Å². The number of piperidine rings is 1. The lowest BCUT2D eigenvalue weighted by Gasteiger charge is -2.48. The molecule has 0 aromatic rings. The second kappa shape index (κ2) is 6.17. The van der Waals surface area contributed by atoms with Crippen LogP contribution in [0.4, 0.5) is 4.79 Å². The van der Waals surface area contributed by atoms with Gasteiger partial charge in [0, 0.05) is 48.6 Å². The molecular formula is C20H31N3O3. The average Bonchev–Trinajstić information content (AvgIpc) is 2.97. The van der Waals surface area contributed by atoms with E-state index in [9.17, 15) is 9.59 Å². The first-order valence-corrected chi connectivity index (χ1v) is 10.1. The summed E-state index contributed by atoms with van der Waals surface area (Å²) in [4.78, 5) is 28.7. The topological polar surface area (TPSA) is 61.9 Å². The fourth-order valence-corrected chi connectivity index (χ4v) is 5.60. The van der Waals surface area contributed by atoms with Gasteiger partial charge in [-0.25, -0.2) is 4.79 Å². The predicted octanol–water partition coefficient (Wildman–Crippen LogP) is 2.64. The Morgan fingerprint density at radius 3 is 2.62 bits per heavy atom. The number of hydrogen-bond donors (Lipinski definition) is 1. The van der Waals surface area contributed by atoms with Crippen LogP contribution in [-0.4, -0.2) is 59.1 Å². The normalized spacial score (nSPS) is 31.8. The van der Waals surface area contributed by atoms with Gasteiger partial charge in [0.2, 0.25) is 5.91 Å². The van der Waals surface area contributed by atoms with Crippen LogP contribution in [0.1, 0.15) is 59.3 Å². The standard InChI is InChI=1S/C20H31N3O3/c1-4-26-18(25)23-14-5-6-15(23)12-16(11-14)22-9-7-20(8-10-22)13-17(24)21-19(20,2)3/h11,14-15H,4-10,12-13H2,1-3H3,(H,21,24). The molecule has 6 heteroatoms. The van der Waals surface area contributed by atoms with Gasteiger partial charge in [0.1, 0.15) is 0 Å². The first-order chi connectivity index (χ1) is 12.4. The fourth-order valence-electron chi connectivity index (χ4n) is 5.60. The average molecular weight is 361 g/mol. The SMILES string of the molecule is CCOC(=O)N1C2C=C(N3CCC4(CC3)CC(=O)NC4(C)C)CC1CC2. The maximum atomic E-state index is 12.2. The Hall–Kier alpha value is -1.72. The molecule has 2 amide bonds. The van der Waals surface area contributed by atoms with Crippen molar-refractivity contribution < 1.29 is 14.3 Å². The van der Waals surface area contributed by atoms with Crippen molar-refractivity contribution in [1.82, 2.24) is 15.1 Å². The maximum absolute atomic E-state index is 12.2. The smallest absolute Gasteiger partial charge is 0.410 e. The summed E-state index contributed by atoms with van der Waals surface area (Å²) in [5, 5.41) is 3.17. The van der Waals surface area contributed by atoms with Crippen LogP contribution in [0.3, 0.4) is 0 Å². The number of hydrogen-bond acceptors (Lipinski definition) is 4. The molecule has 4 heterocycles. The quantitative estimate of drug-likeness (QED) is 0.821. The summed E-state index contributed by atoms with van der Waals surface area (Å²) in [6.45, 7) is 8.64. The lowest BCUT2D eigenvalue weighted by molar-refractivity contribution is -0.120. The largest absolute Gasteiger partial charge is 0.450 e. The van der Waals surface area contributed by atoms with Crippen LogP contribution in [0.2, 0.25) is 0 Å². The molecule has 2 unspecified atom stereocenters. The minimum atomic E-state index is -0.162. The molecule has 4 aliphatic rings. The van der Waals surface area contributed by atoms with E-state index in [0.717, 1.165) is 45.2 Å². The van der Waals surface area contributed by atoms with E-state index in [0.29, 0.717) is 13.0 Å². The van der Waals surface area contributed by atoms with Gasteiger partial charge in [0.25, 0.3) is 0 Å². The molecule has 1 spiro atoms. The summed E-state index contributed by atoms with van der Waals surface area (Å²) in [6.07, 6.45) is 7.92. The van der Waals surface area contributed by atoms with Gasteiger partial charge in [-0.3, -0.25) is 9.69 Å². The Kier molecular flexibility index (Phi) is 4.20. The molecule has 0 aromatic carbocycles. The van der Waals surface area contributed by atoms with Crippen LogP contribution in [0, 0.1) is 5.41 Å². The predicted molar refractivity (Wildman–Crippen MR) is 98.4 cm³/mol. The van der Waals surface area contributed by atoms with Crippen LogP contribution in [-0.2, 0) is 9.53 Å². The minimum Gasteiger partial charge on any atom is -0.450 e. The van der Waals surface area contributed by atoms with Crippen molar-refractivity contribution in [3.63, 3.8) is 0 Å². The molecule has 3 saturated heterocycles. The van der Waals surface area contributed by atoms with E-state index in [4.69, 9.17) is 4.74 Å². The zero-order chi connectivity index (χ0) is 18.5. The van der Waals surface area contributed by atoms with Crippen LogP contribution in [0.25, 0.3) is 0 Å². The molecule has 4 rings (SSSR count). The molecule has 0 radical (unpaired) electrons. The molecule has 6 nitrogen and oxygen atoms in total. The van der Waals surface area contributed by atoms with E-state index < -0.39 is 0 Å². The van der Waals surface area contributed by atoms with Crippen molar-refractivity contribution in [1.29, 1.82) is 0 Å². The number of rotatable bonds is 2. The molecule has 0 aliphatic carbocycles. The summed E-state index contributed by atoms with van der Waals surface area (Å²) in [5.74, 6) is 0.198. The molecule has 144 valence electrons. The van der Waals surface area contributed by atoms with Gasteiger partial charge >= 0.3 is 6.09 Å². The first-order valence-electron chi connectivity index (χ1n) is 10.1.